The average Bonchev–Trinajstić information content (AvgIpc) is 2.66. The molecule has 1 aromatic carbocycles. The van der Waals surface area contributed by atoms with Crippen LogP contribution in [0.4, 0.5) is 0 Å². The number of benzene rings is 1. The molecule has 3 aromatic rings. The summed E-state index contributed by atoms with van der Waals surface area (Å²) in [5.74, 6) is 0.319. The molecule has 1 N–H and O–H groups in total. The predicted octanol–water partition coefficient (Wildman–Crippen LogP) is 3.53. The summed E-state index contributed by atoms with van der Waals surface area (Å²) in [6.45, 7) is 6.02. The van der Waals surface area contributed by atoms with Crippen LogP contribution < -0.4 is 15.7 Å². The Morgan fingerprint density at radius 2 is 2.14 bits per heavy atom. The van der Waals surface area contributed by atoms with E-state index in [1.54, 1.807) is 19.3 Å². The van der Waals surface area contributed by atoms with E-state index in [0.29, 0.717) is 17.9 Å². The van der Waals surface area contributed by atoms with Gasteiger partial charge < -0.3 is 14.5 Å². The van der Waals surface area contributed by atoms with Gasteiger partial charge >= 0.3 is 5.63 Å². The number of aromatic nitrogens is 1. The van der Waals surface area contributed by atoms with Crippen molar-refractivity contribution < 1.29 is 13.9 Å². The van der Waals surface area contributed by atoms with Crippen LogP contribution >= 0.6 is 0 Å². The Labute approximate surface area is 163 Å². The zero-order valence-corrected chi connectivity index (χ0v) is 16.3. The van der Waals surface area contributed by atoms with Crippen LogP contribution in [0.2, 0.25) is 0 Å². The molecule has 2 heterocycles. The number of ether oxygens (including phenoxy) is 1. The second kappa shape index (κ2) is 8.69. The van der Waals surface area contributed by atoms with E-state index in [9.17, 15) is 9.59 Å². The van der Waals surface area contributed by atoms with Crippen LogP contribution in [0, 0.1) is 6.92 Å². The lowest BCUT2D eigenvalue weighted by Gasteiger charge is -2.18. The lowest BCUT2D eigenvalue weighted by atomic mass is 10.0. The number of amides is 1. The normalized spacial score (nSPS) is 12.0. The van der Waals surface area contributed by atoms with Gasteiger partial charge in [-0.05, 0) is 55.2 Å². The minimum absolute atomic E-state index is 0.229. The van der Waals surface area contributed by atoms with Crippen molar-refractivity contribution in [1.29, 1.82) is 0 Å². The van der Waals surface area contributed by atoms with Crippen LogP contribution in [0.5, 0.6) is 5.75 Å². The Hall–Kier alpha value is -3.15. The highest BCUT2D eigenvalue weighted by Gasteiger charge is 2.18. The van der Waals surface area contributed by atoms with Crippen LogP contribution in [0.3, 0.4) is 0 Å². The quantitative estimate of drug-likeness (QED) is 0.634. The molecule has 3 rings (SSSR count). The summed E-state index contributed by atoms with van der Waals surface area (Å²) in [6, 6.07) is 8.90. The minimum atomic E-state index is -0.705. The Morgan fingerprint density at radius 3 is 2.86 bits per heavy atom. The van der Waals surface area contributed by atoms with Gasteiger partial charge in [-0.2, -0.15) is 0 Å². The number of hydrogen-bond acceptors (Lipinski definition) is 5. The van der Waals surface area contributed by atoms with Gasteiger partial charge in [0.2, 0.25) is 0 Å². The van der Waals surface area contributed by atoms with Gasteiger partial charge in [0.05, 0.1) is 5.39 Å². The van der Waals surface area contributed by atoms with Gasteiger partial charge in [-0.15, -0.1) is 0 Å². The largest absolute Gasteiger partial charge is 0.480 e. The molecule has 28 heavy (non-hydrogen) atoms. The first kappa shape index (κ1) is 19.6. The summed E-state index contributed by atoms with van der Waals surface area (Å²) in [5.41, 5.74) is 2.77. The number of fused-ring (bicyclic) bond motifs is 1. The van der Waals surface area contributed by atoms with E-state index >= 15 is 0 Å². The smallest absolute Gasteiger partial charge is 0.336 e. The summed E-state index contributed by atoms with van der Waals surface area (Å²) in [7, 11) is 0. The lowest BCUT2D eigenvalue weighted by Crippen LogP contribution is -2.36. The molecule has 6 heteroatoms. The second-order valence-corrected chi connectivity index (χ2v) is 6.82. The van der Waals surface area contributed by atoms with Crippen molar-refractivity contribution in [1.82, 2.24) is 10.3 Å². The van der Waals surface area contributed by atoms with Gasteiger partial charge in [-0.1, -0.05) is 19.4 Å². The molecule has 0 bridgehead atoms. The monoisotopic (exact) mass is 380 g/mol. The van der Waals surface area contributed by atoms with Crippen molar-refractivity contribution in [3.63, 3.8) is 0 Å². The first-order chi connectivity index (χ1) is 13.5. The molecular formula is C22H24N2O4. The van der Waals surface area contributed by atoms with Crippen molar-refractivity contribution in [3.05, 3.63) is 69.8 Å². The molecule has 0 radical (unpaired) electrons. The molecule has 0 fully saturated rings. The van der Waals surface area contributed by atoms with Crippen molar-refractivity contribution in [2.45, 2.75) is 46.3 Å². The Morgan fingerprint density at radius 1 is 1.32 bits per heavy atom. The molecule has 0 aliphatic rings. The van der Waals surface area contributed by atoms with Crippen molar-refractivity contribution in [3.8, 4) is 5.75 Å². The van der Waals surface area contributed by atoms with Crippen molar-refractivity contribution in [2.75, 3.05) is 0 Å². The third-order valence-electron chi connectivity index (χ3n) is 4.42. The number of carbonyl (C=O) groups is 1. The number of carbonyl (C=O) groups excluding carboxylic acids is 1. The summed E-state index contributed by atoms with van der Waals surface area (Å²) in [4.78, 5) is 28.4. The van der Waals surface area contributed by atoms with E-state index in [1.165, 1.54) is 6.07 Å². The molecule has 1 amide bonds. The zero-order chi connectivity index (χ0) is 20.1. The van der Waals surface area contributed by atoms with Gasteiger partial charge in [0, 0.05) is 25.0 Å². The number of rotatable bonds is 7. The van der Waals surface area contributed by atoms with Crippen LogP contribution in [0.25, 0.3) is 11.0 Å². The fourth-order valence-corrected chi connectivity index (χ4v) is 3.11. The molecule has 0 saturated carbocycles. The lowest BCUT2D eigenvalue weighted by molar-refractivity contribution is -0.127. The van der Waals surface area contributed by atoms with Gasteiger partial charge in [0.15, 0.2) is 6.10 Å². The van der Waals surface area contributed by atoms with Crippen LogP contribution in [0.1, 0.15) is 37.0 Å². The van der Waals surface area contributed by atoms with Crippen LogP contribution in [-0.4, -0.2) is 17.0 Å². The average molecular weight is 380 g/mol. The summed E-state index contributed by atoms with van der Waals surface area (Å²) >= 11 is 0. The standard InChI is InChI=1S/C22H24N2O4/c1-4-6-17-11-20(25)28-19-10-14(2)9-18(21(17)19)27-15(3)22(26)24-13-16-7-5-8-23-12-16/h5,7-12,15H,4,6,13H2,1-3H3,(H,24,26)/t15-/m1/s1. The first-order valence-corrected chi connectivity index (χ1v) is 9.38. The van der Waals surface area contributed by atoms with Crippen molar-refractivity contribution >= 4 is 16.9 Å². The van der Waals surface area contributed by atoms with E-state index in [4.69, 9.17) is 9.15 Å². The van der Waals surface area contributed by atoms with E-state index in [1.807, 2.05) is 38.1 Å². The van der Waals surface area contributed by atoms with E-state index in [2.05, 4.69) is 10.3 Å². The molecule has 6 nitrogen and oxygen atoms in total. The van der Waals surface area contributed by atoms with Crippen LogP contribution in [0.15, 0.2) is 51.9 Å². The first-order valence-electron chi connectivity index (χ1n) is 9.38. The summed E-state index contributed by atoms with van der Waals surface area (Å²) < 4.78 is 11.4. The molecule has 0 saturated heterocycles. The highest BCUT2D eigenvalue weighted by Crippen LogP contribution is 2.31. The predicted molar refractivity (Wildman–Crippen MR) is 107 cm³/mol. The molecule has 2 aromatic heterocycles. The maximum atomic E-state index is 12.5. The summed E-state index contributed by atoms with van der Waals surface area (Å²) in [5, 5.41) is 3.60. The molecule has 0 spiro atoms. The fourth-order valence-electron chi connectivity index (χ4n) is 3.11. The fraction of sp³-hybridized carbons (Fsp3) is 0.318. The molecule has 1 atom stereocenters. The number of pyridine rings is 1. The molecule has 146 valence electrons. The Balaban J connectivity index is 1.84. The number of nitrogens with one attached hydrogen (secondary N) is 1. The van der Waals surface area contributed by atoms with E-state index < -0.39 is 6.10 Å². The maximum Gasteiger partial charge on any atom is 0.336 e. The zero-order valence-electron chi connectivity index (χ0n) is 16.3. The molecule has 0 aliphatic carbocycles. The Kier molecular flexibility index (Phi) is 6.09. The highest BCUT2D eigenvalue weighted by molar-refractivity contribution is 5.88. The number of aryl methyl sites for hydroxylation is 2. The Bertz CT molecular complexity index is 1030. The van der Waals surface area contributed by atoms with E-state index in [-0.39, 0.29) is 11.5 Å². The van der Waals surface area contributed by atoms with E-state index in [0.717, 1.165) is 34.9 Å². The van der Waals surface area contributed by atoms with Crippen LogP contribution in [-0.2, 0) is 17.8 Å². The molecular weight excluding hydrogens is 356 g/mol. The third kappa shape index (κ3) is 4.57. The number of hydrogen-bond donors (Lipinski definition) is 1. The number of nitrogens with zero attached hydrogens (tertiary/aromatic N) is 1. The maximum absolute atomic E-state index is 12.5. The highest BCUT2D eigenvalue weighted by atomic mass is 16.5. The van der Waals surface area contributed by atoms with Gasteiger partial charge in [0.25, 0.3) is 5.91 Å². The topological polar surface area (TPSA) is 81.4 Å². The second-order valence-electron chi connectivity index (χ2n) is 6.82. The van der Waals surface area contributed by atoms with Crippen molar-refractivity contribution in [2.24, 2.45) is 0 Å². The molecule has 0 aliphatic heterocycles. The third-order valence-corrected chi connectivity index (χ3v) is 4.42. The van der Waals surface area contributed by atoms with Gasteiger partial charge in [-0.3, -0.25) is 9.78 Å². The summed E-state index contributed by atoms with van der Waals surface area (Å²) in [6.07, 6.45) is 4.30. The molecule has 0 unspecified atom stereocenters. The van der Waals surface area contributed by atoms with Gasteiger partial charge in [-0.25, -0.2) is 4.79 Å². The minimum Gasteiger partial charge on any atom is -0.480 e. The SMILES string of the molecule is CCCc1cc(=O)oc2cc(C)cc(O[C@H](C)C(=O)NCc3cccnc3)c12. The van der Waals surface area contributed by atoms with Gasteiger partial charge in [0.1, 0.15) is 11.3 Å².